The van der Waals surface area contributed by atoms with Crippen LogP contribution in [0.25, 0.3) is 0 Å². The summed E-state index contributed by atoms with van der Waals surface area (Å²) >= 11 is 0. The van der Waals surface area contributed by atoms with E-state index in [1.54, 1.807) is 38.1 Å². The van der Waals surface area contributed by atoms with Crippen LogP contribution in [0.4, 0.5) is 9.18 Å². The maximum absolute atomic E-state index is 13.1. The number of aliphatic imine (C=N–C) groups is 1. The molecule has 0 radical (unpaired) electrons. The molecule has 1 aromatic rings. The first-order chi connectivity index (χ1) is 13.1. The van der Waals surface area contributed by atoms with Gasteiger partial charge in [-0.3, -0.25) is 4.99 Å². The summed E-state index contributed by atoms with van der Waals surface area (Å²) in [6.45, 7) is 4.01. The Morgan fingerprint density at radius 2 is 2.00 bits per heavy atom. The molecule has 1 atom stereocenters. The second-order valence-electron chi connectivity index (χ2n) is 6.33. The van der Waals surface area contributed by atoms with Crippen LogP contribution in [-0.2, 0) is 9.47 Å². The van der Waals surface area contributed by atoms with E-state index in [-0.39, 0.29) is 24.1 Å². The fraction of sp³-hybridized carbons (Fsp3) is 0.579. The first kappa shape index (κ1) is 21.0. The van der Waals surface area contributed by atoms with Gasteiger partial charge < -0.3 is 25.0 Å². The van der Waals surface area contributed by atoms with E-state index in [0.29, 0.717) is 32.2 Å². The topological polar surface area (TPSA) is 75.2 Å². The molecule has 150 valence electrons. The molecule has 1 heterocycles. The van der Waals surface area contributed by atoms with Crippen molar-refractivity contribution in [1.29, 1.82) is 0 Å². The number of hydrogen-bond acceptors (Lipinski definition) is 4. The van der Waals surface area contributed by atoms with E-state index in [0.717, 1.165) is 18.4 Å². The quantitative estimate of drug-likeness (QED) is 0.585. The molecule has 0 spiro atoms. The van der Waals surface area contributed by atoms with Crippen molar-refractivity contribution in [2.75, 3.05) is 40.4 Å². The third-order valence-electron chi connectivity index (χ3n) is 4.57. The molecule has 1 fully saturated rings. The predicted molar refractivity (Wildman–Crippen MR) is 102 cm³/mol. The van der Waals surface area contributed by atoms with Gasteiger partial charge in [-0.15, -0.1) is 0 Å². The number of carbonyl (C=O) groups is 1. The lowest BCUT2D eigenvalue weighted by molar-refractivity contribution is 0.0959. The lowest BCUT2D eigenvalue weighted by atomic mass is 10.1. The van der Waals surface area contributed by atoms with Gasteiger partial charge in [0.15, 0.2) is 5.96 Å². The van der Waals surface area contributed by atoms with Gasteiger partial charge in [-0.1, -0.05) is 12.1 Å². The lowest BCUT2D eigenvalue weighted by Crippen LogP contribution is -2.50. The van der Waals surface area contributed by atoms with Crippen molar-refractivity contribution in [2.45, 2.75) is 31.9 Å². The molecule has 0 aromatic heterocycles. The first-order valence-corrected chi connectivity index (χ1v) is 9.24. The Bertz CT molecular complexity index is 616. The summed E-state index contributed by atoms with van der Waals surface area (Å²) in [6.07, 6.45) is 1.19. The first-order valence-electron chi connectivity index (χ1n) is 9.24. The van der Waals surface area contributed by atoms with Crippen molar-refractivity contribution in [2.24, 2.45) is 4.99 Å². The van der Waals surface area contributed by atoms with E-state index in [1.165, 1.54) is 12.1 Å². The molecule has 0 bridgehead atoms. The largest absolute Gasteiger partial charge is 0.450 e. The van der Waals surface area contributed by atoms with Gasteiger partial charge in [-0.05, 0) is 37.5 Å². The molecule has 27 heavy (non-hydrogen) atoms. The Morgan fingerprint density at radius 3 is 2.56 bits per heavy atom. The zero-order chi connectivity index (χ0) is 19.6. The number of nitrogens with zero attached hydrogens (tertiary/aromatic N) is 2. The highest BCUT2D eigenvalue weighted by Crippen LogP contribution is 2.16. The standard InChI is InChI=1S/C19H29FN4O3/c1-4-27-19(25)24-11-9-16(10-12-24)23-18(21-2)22-13-17(26-3)14-5-7-15(20)8-6-14/h5-8,16-17H,4,9-13H2,1-3H3,(H2,21,22,23). The molecule has 0 aliphatic carbocycles. The van der Waals surface area contributed by atoms with Crippen LogP contribution in [0.2, 0.25) is 0 Å². The summed E-state index contributed by atoms with van der Waals surface area (Å²) < 4.78 is 23.6. The highest BCUT2D eigenvalue weighted by atomic mass is 19.1. The van der Waals surface area contributed by atoms with Gasteiger partial charge in [-0.25, -0.2) is 9.18 Å². The number of likely N-dealkylation sites (tertiary alicyclic amines) is 1. The van der Waals surface area contributed by atoms with E-state index in [9.17, 15) is 9.18 Å². The molecule has 0 saturated carbocycles. The molecule has 1 aromatic carbocycles. The molecule has 7 nitrogen and oxygen atoms in total. The minimum Gasteiger partial charge on any atom is -0.450 e. The highest BCUT2D eigenvalue weighted by molar-refractivity contribution is 5.80. The minimum absolute atomic E-state index is 0.213. The monoisotopic (exact) mass is 380 g/mol. The van der Waals surface area contributed by atoms with Crippen molar-refractivity contribution in [3.05, 3.63) is 35.6 Å². The van der Waals surface area contributed by atoms with Gasteiger partial charge >= 0.3 is 6.09 Å². The van der Waals surface area contributed by atoms with E-state index >= 15 is 0 Å². The fourth-order valence-corrected chi connectivity index (χ4v) is 3.01. The highest BCUT2D eigenvalue weighted by Gasteiger charge is 2.24. The van der Waals surface area contributed by atoms with Crippen LogP contribution in [0.3, 0.4) is 0 Å². The third kappa shape index (κ3) is 6.39. The summed E-state index contributed by atoms with van der Waals surface area (Å²) in [4.78, 5) is 17.7. The van der Waals surface area contributed by atoms with Crippen molar-refractivity contribution < 1.29 is 18.7 Å². The van der Waals surface area contributed by atoms with Gasteiger partial charge in [0.2, 0.25) is 0 Å². The van der Waals surface area contributed by atoms with Crippen molar-refractivity contribution in [1.82, 2.24) is 15.5 Å². The molecular weight excluding hydrogens is 351 g/mol. The minimum atomic E-state index is -0.270. The zero-order valence-corrected chi connectivity index (χ0v) is 16.2. The Morgan fingerprint density at radius 1 is 1.33 bits per heavy atom. The molecule has 2 N–H and O–H groups in total. The molecule has 1 amide bonds. The second kappa shape index (κ2) is 10.7. The van der Waals surface area contributed by atoms with Gasteiger partial charge in [0.1, 0.15) is 5.82 Å². The SMILES string of the molecule is CCOC(=O)N1CCC(NC(=NC)NCC(OC)c2ccc(F)cc2)CC1. The number of hydrogen-bond donors (Lipinski definition) is 2. The Labute approximate surface area is 159 Å². The average molecular weight is 380 g/mol. The van der Waals surface area contributed by atoms with Gasteiger partial charge in [-0.2, -0.15) is 0 Å². The number of methoxy groups -OCH3 is 1. The van der Waals surface area contributed by atoms with Crippen LogP contribution in [-0.4, -0.2) is 63.4 Å². The number of amides is 1. The second-order valence-corrected chi connectivity index (χ2v) is 6.33. The van der Waals surface area contributed by atoms with Gasteiger partial charge in [0.25, 0.3) is 0 Å². The van der Waals surface area contributed by atoms with Crippen LogP contribution in [0, 0.1) is 5.82 Å². The van der Waals surface area contributed by atoms with E-state index in [4.69, 9.17) is 9.47 Å². The number of guanidine groups is 1. The summed E-state index contributed by atoms with van der Waals surface area (Å²) in [5.41, 5.74) is 0.893. The predicted octanol–water partition coefficient (Wildman–Crippen LogP) is 2.30. The van der Waals surface area contributed by atoms with Crippen LogP contribution in [0.5, 0.6) is 0 Å². The summed E-state index contributed by atoms with van der Waals surface area (Å²) in [7, 11) is 3.33. The van der Waals surface area contributed by atoms with Crippen molar-refractivity contribution in [3.8, 4) is 0 Å². The Balaban J connectivity index is 1.80. The molecular formula is C19H29FN4O3. The normalized spacial score (nSPS) is 16.7. The van der Waals surface area contributed by atoms with Gasteiger partial charge in [0.05, 0.1) is 12.7 Å². The van der Waals surface area contributed by atoms with Crippen LogP contribution in [0.15, 0.2) is 29.3 Å². The number of rotatable bonds is 6. The zero-order valence-electron chi connectivity index (χ0n) is 16.2. The molecule has 1 aliphatic rings. The van der Waals surface area contributed by atoms with E-state index in [1.807, 2.05) is 0 Å². The summed E-state index contributed by atoms with van der Waals surface area (Å²) in [5, 5.41) is 6.63. The van der Waals surface area contributed by atoms with E-state index < -0.39 is 0 Å². The third-order valence-corrected chi connectivity index (χ3v) is 4.57. The van der Waals surface area contributed by atoms with Crippen LogP contribution < -0.4 is 10.6 Å². The van der Waals surface area contributed by atoms with E-state index in [2.05, 4.69) is 15.6 Å². The molecule has 8 heteroatoms. The fourth-order valence-electron chi connectivity index (χ4n) is 3.01. The molecule has 2 rings (SSSR count). The lowest BCUT2D eigenvalue weighted by Gasteiger charge is -2.32. The van der Waals surface area contributed by atoms with Gasteiger partial charge in [0, 0.05) is 39.8 Å². The summed E-state index contributed by atoms with van der Waals surface area (Å²) in [5.74, 6) is 0.405. The summed E-state index contributed by atoms with van der Waals surface area (Å²) in [6, 6.07) is 6.50. The smallest absolute Gasteiger partial charge is 0.409 e. The van der Waals surface area contributed by atoms with Crippen molar-refractivity contribution >= 4 is 12.1 Å². The maximum Gasteiger partial charge on any atom is 0.409 e. The number of halogens is 1. The number of ether oxygens (including phenoxy) is 2. The Hall–Kier alpha value is -2.35. The number of piperidine rings is 1. The van der Waals surface area contributed by atoms with Crippen molar-refractivity contribution in [3.63, 3.8) is 0 Å². The number of nitrogens with one attached hydrogen (secondary N) is 2. The average Bonchev–Trinajstić information content (AvgIpc) is 2.69. The Kier molecular flexibility index (Phi) is 8.32. The molecule has 1 unspecified atom stereocenters. The van der Waals surface area contributed by atoms with Crippen LogP contribution >= 0.6 is 0 Å². The maximum atomic E-state index is 13.1. The number of carbonyl (C=O) groups excluding carboxylic acids is 1. The van der Waals surface area contributed by atoms with Crippen LogP contribution in [0.1, 0.15) is 31.4 Å². The number of benzene rings is 1. The molecule has 1 aliphatic heterocycles. The molecule has 1 saturated heterocycles.